The average molecular weight is 248 g/mol. The van der Waals surface area contributed by atoms with Gasteiger partial charge >= 0.3 is 0 Å². The van der Waals surface area contributed by atoms with Gasteiger partial charge in [-0.25, -0.2) is 4.98 Å². The Kier molecular flexibility index (Phi) is 3.52. The van der Waals surface area contributed by atoms with Crippen LogP contribution >= 0.6 is 0 Å². The molecule has 5 heteroatoms. The number of aryl methyl sites for hydroxylation is 1. The van der Waals surface area contributed by atoms with Crippen LogP contribution in [0.2, 0.25) is 0 Å². The third-order valence-electron chi connectivity index (χ3n) is 3.51. The van der Waals surface area contributed by atoms with E-state index >= 15 is 0 Å². The standard InChI is InChI=1S/C13H20N4O/c1-8-3-4-16-13(11(8)12(14)15)17(2)7-9-5-10(18)6-9/h3-4,9-10,18H,5-7H2,1-2H3,(H3,14,15). The van der Waals surface area contributed by atoms with E-state index in [4.69, 9.17) is 11.1 Å². The predicted molar refractivity (Wildman–Crippen MR) is 72.0 cm³/mol. The van der Waals surface area contributed by atoms with Gasteiger partial charge in [-0.15, -0.1) is 0 Å². The normalized spacial score (nSPS) is 22.4. The average Bonchev–Trinajstić information content (AvgIpc) is 2.26. The summed E-state index contributed by atoms with van der Waals surface area (Å²) in [4.78, 5) is 6.36. The van der Waals surface area contributed by atoms with Crippen molar-refractivity contribution in [2.24, 2.45) is 11.7 Å². The van der Waals surface area contributed by atoms with Crippen molar-refractivity contribution in [3.05, 3.63) is 23.4 Å². The first kappa shape index (κ1) is 12.8. The Bertz CT molecular complexity index is 454. The summed E-state index contributed by atoms with van der Waals surface area (Å²) in [7, 11) is 1.96. The molecule has 18 heavy (non-hydrogen) atoms. The van der Waals surface area contributed by atoms with Gasteiger partial charge < -0.3 is 15.7 Å². The molecule has 1 aromatic rings. The van der Waals surface area contributed by atoms with Gasteiger partial charge in [-0.2, -0.15) is 0 Å². The molecule has 4 N–H and O–H groups in total. The molecule has 5 nitrogen and oxygen atoms in total. The first-order valence-corrected chi connectivity index (χ1v) is 6.18. The maximum absolute atomic E-state index is 9.30. The first-order valence-electron chi connectivity index (χ1n) is 6.18. The van der Waals surface area contributed by atoms with Gasteiger partial charge in [-0.05, 0) is 37.3 Å². The van der Waals surface area contributed by atoms with E-state index in [1.807, 2.05) is 24.9 Å². The molecular weight excluding hydrogens is 228 g/mol. The highest BCUT2D eigenvalue weighted by atomic mass is 16.3. The molecule has 98 valence electrons. The quantitative estimate of drug-likeness (QED) is 0.545. The smallest absolute Gasteiger partial charge is 0.139 e. The number of amidine groups is 1. The van der Waals surface area contributed by atoms with Gasteiger partial charge in [-0.1, -0.05) is 0 Å². The molecule has 0 aliphatic heterocycles. The van der Waals surface area contributed by atoms with Gasteiger partial charge in [-0.3, -0.25) is 5.41 Å². The zero-order chi connectivity index (χ0) is 13.3. The third kappa shape index (κ3) is 2.46. The number of hydrogen-bond acceptors (Lipinski definition) is 4. The summed E-state index contributed by atoms with van der Waals surface area (Å²) in [6, 6.07) is 1.86. The van der Waals surface area contributed by atoms with Crippen LogP contribution in [-0.4, -0.2) is 35.6 Å². The topological polar surface area (TPSA) is 86.2 Å². The number of aliphatic hydroxyl groups excluding tert-OH is 1. The number of nitrogens with one attached hydrogen (secondary N) is 1. The first-order chi connectivity index (χ1) is 8.49. The number of pyridine rings is 1. The molecular formula is C13H20N4O. The van der Waals surface area contributed by atoms with Crippen LogP contribution in [0.25, 0.3) is 0 Å². The van der Waals surface area contributed by atoms with Crippen LogP contribution in [0.5, 0.6) is 0 Å². The number of nitrogens with two attached hydrogens (primary N) is 1. The van der Waals surface area contributed by atoms with Crippen LogP contribution in [0, 0.1) is 18.3 Å². The summed E-state index contributed by atoms with van der Waals surface area (Å²) in [5.41, 5.74) is 7.30. The molecule has 0 amide bonds. The Hall–Kier alpha value is -1.62. The summed E-state index contributed by atoms with van der Waals surface area (Å²) in [5, 5.41) is 17.0. The van der Waals surface area contributed by atoms with Crippen molar-refractivity contribution in [3.8, 4) is 0 Å². The second-order valence-corrected chi connectivity index (χ2v) is 5.11. The zero-order valence-electron chi connectivity index (χ0n) is 10.8. The summed E-state index contributed by atoms with van der Waals surface area (Å²) < 4.78 is 0. The van der Waals surface area contributed by atoms with Crippen molar-refractivity contribution >= 4 is 11.7 Å². The number of aliphatic hydroxyl groups is 1. The van der Waals surface area contributed by atoms with Crippen molar-refractivity contribution in [2.75, 3.05) is 18.5 Å². The number of rotatable bonds is 4. The maximum Gasteiger partial charge on any atom is 0.139 e. The lowest BCUT2D eigenvalue weighted by molar-refractivity contribution is 0.0464. The van der Waals surface area contributed by atoms with Crippen LogP contribution in [0.1, 0.15) is 24.0 Å². The fourth-order valence-corrected chi connectivity index (χ4v) is 2.49. The van der Waals surface area contributed by atoms with E-state index in [2.05, 4.69) is 4.98 Å². The van der Waals surface area contributed by atoms with E-state index in [1.54, 1.807) is 6.20 Å². The van der Waals surface area contributed by atoms with Gasteiger partial charge in [0.15, 0.2) is 0 Å². The van der Waals surface area contributed by atoms with Gasteiger partial charge in [0.05, 0.1) is 11.7 Å². The van der Waals surface area contributed by atoms with E-state index in [9.17, 15) is 5.11 Å². The SMILES string of the molecule is Cc1ccnc(N(C)CC2CC(O)C2)c1C(=N)N. The number of nitrogens with zero attached hydrogens (tertiary/aromatic N) is 2. The highest BCUT2D eigenvalue weighted by molar-refractivity contribution is 6.00. The lowest BCUT2D eigenvalue weighted by Crippen LogP contribution is -2.38. The van der Waals surface area contributed by atoms with Gasteiger partial charge in [0.2, 0.25) is 0 Å². The van der Waals surface area contributed by atoms with E-state index in [1.165, 1.54) is 0 Å². The van der Waals surface area contributed by atoms with Crippen LogP contribution in [-0.2, 0) is 0 Å². The molecule has 0 atom stereocenters. The minimum absolute atomic E-state index is 0.0519. The molecule has 0 radical (unpaired) electrons. The fraction of sp³-hybridized carbons (Fsp3) is 0.538. The van der Waals surface area contributed by atoms with Crippen molar-refractivity contribution in [2.45, 2.75) is 25.9 Å². The minimum Gasteiger partial charge on any atom is -0.393 e. The van der Waals surface area contributed by atoms with Crippen molar-refractivity contribution in [1.29, 1.82) is 5.41 Å². The highest BCUT2D eigenvalue weighted by Gasteiger charge is 2.29. The lowest BCUT2D eigenvalue weighted by atomic mass is 9.82. The van der Waals surface area contributed by atoms with Crippen molar-refractivity contribution in [1.82, 2.24) is 4.98 Å². The molecule has 1 fully saturated rings. The molecule has 1 heterocycles. The van der Waals surface area contributed by atoms with E-state index in [0.717, 1.165) is 30.8 Å². The molecule has 0 aromatic carbocycles. The molecule has 1 aliphatic carbocycles. The van der Waals surface area contributed by atoms with Crippen LogP contribution in [0.3, 0.4) is 0 Å². The van der Waals surface area contributed by atoms with Crippen LogP contribution < -0.4 is 10.6 Å². The second kappa shape index (κ2) is 4.94. The summed E-state index contributed by atoms with van der Waals surface area (Å²) in [5.74, 6) is 1.31. The Morgan fingerprint density at radius 2 is 2.28 bits per heavy atom. The molecule has 0 unspecified atom stereocenters. The molecule has 0 bridgehead atoms. The summed E-state index contributed by atoms with van der Waals surface area (Å²) >= 11 is 0. The van der Waals surface area contributed by atoms with E-state index < -0.39 is 0 Å². The highest BCUT2D eigenvalue weighted by Crippen LogP contribution is 2.29. The zero-order valence-corrected chi connectivity index (χ0v) is 10.8. The molecule has 0 spiro atoms. The lowest BCUT2D eigenvalue weighted by Gasteiger charge is -2.35. The monoisotopic (exact) mass is 248 g/mol. The molecule has 1 saturated carbocycles. The number of aromatic nitrogens is 1. The van der Waals surface area contributed by atoms with Crippen molar-refractivity contribution < 1.29 is 5.11 Å². The Morgan fingerprint density at radius 1 is 1.61 bits per heavy atom. The number of anilines is 1. The number of hydrogen-bond donors (Lipinski definition) is 3. The third-order valence-corrected chi connectivity index (χ3v) is 3.51. The molecule has 2 rings (SSSR count). The minimum atomic E-state index is -0.138. The van der Waals surface area contributed by atoms with Gasteiger partial charge in [0, 0.05) is 19.8 Å². The Balaban J connectivity index is 2.16. The summed E-state index contributed by atoms with van der Waals surface area (Å²) in [6.07, 6.45) is 3.31. The maximum atomic E-state index is 9.30. The van der Waals surface area contributed by atoms with Gasteiger partial charge in [0.1, 0.15) is 11.7 Å². The largest absolute Gasteiger partial charge is 0.393 e. The molecule has 1 aromatic heterocycles. The fourth-order valence-electron chi connectivity index (χ4n) is 2.49. The predicted octanol–water partition coefficient (Wildman–Crippen LogP) is 0.881. The van der Waals surface area contributed by atoms with E-state index in [0.29, 0.717) is 11.5 Å². The van der Waals surface area contributed by atoms with Crippen LogP contribution in [0.15, 0.2) is 12.3 Å². The molecule has 0 saturated heterocycles. The van der Waals surface area contributed by atoms with Gasteiger partial charge in [0.25, 0.3) is 0 Å². The molecule has 1 aliphatic rings. The Labute approximate surface area is 107 Å². The van der Waals surface area contributed by atoms with Crippen molar-refractivity contribution in [3.63, 3.8) is 0 Å². The van der Waals surface area contributed by atoms with E-state index in [-0.39, 0.29) is 11.9 Å². The second-order valence-electron chi connectivity index (χ2n) is 5.11. The van der Waals surface area contributed by atoms with Crippen LogP contribution in [0.4, 0.5) is 5.82 Å². The number of nitrogen functional groups attached to an aromatic ring is 1. The Morgan fingerprint density at radius 3 is 2.83 bits per heavy atom. The summed E-state index contributed by atoms with van der Waals surface area (Å²) in [6.45, 7) is 2.77.